The molecule has 0 radical (unpaired) electrons. The Morgan fingerprint density at radius 1 is 0.844 bits per heavy atom. The van der Waals surface area contributed by atoms with Crippen molar-refractivity contribution < 1.29 is 27.9 Å². The van der Waals surface area contributed by atoms with Crippen molar-refractivity contribution in [2.45, 2.75) is 0 Å². The summed E-state index contributed by atoms with van der Waals surface area (Å²) >= 11 is 0. The lowest BCUT2D eigenvalue weighted by molar-refractivity contribution is 0.0999. The van der Waals surface area contributed by atoms with E-state index in [-0.39, 0.29) is 11.4 Å². The van der Waals surface area contributed by atoms with Crippen molar-refractivity contribution in [1.82, 2.24) is 0 Å². The summed E-state index contributed by atoms with van der Waals surface area (Å²) in [6.07, 6.45) is 0. The molecule has 3 aromatic carbocycles. The normalized spacial score (nSPS) is 10.6. The number of para-hydroxylation sites is 1. The predicted molar refractivity (Wildman–Crippen MR) is 118 cm³/mol. The topological polar surface area (TPSA) is 89.8 Å². The highest BCUT2D eigenvalue weighted by molar-refractivity contribution is 6.17. The van der Waals surface area contributed by atoms with Gasteiger partial charge in [-0.2, -0.15) is 0 Å². The van der Waals surface area contributed by atoms with E-state index in [4.69, 9.17) is 13.9 Å². The molecule has 0 fully saturated rings. The molecule has 0 aliphatic heterocycles. The number of amides is 2. The first-order valence-electron chi connectivity index (χ1n) is 9.62. The predicted octanol–water partition coefficient (Wildman–Crippen LogP) is 5.09. The van der Waals surface area contributed by atoms with Crippen LogP contribution in [0.2, 0.25) is 0 Å². The van der Waals surface area contributed by atoms with E-state index in [9.17, 15) is 14.0 Å². The zero-order valence-corrected chi connectivity index (χ0v) is 17.3. The zero-order chi connectivity index (χ0) is 22.7. The third-order valence-electron chi connectivity index (χ3n) is 4.79. The number of halogens is 1. The molecular formula is C24H19FN2O5. The summed E-state index contributed by atoms with van der Waals surface area (Å²) in [5.74, 6) is -0.675. The highest BCUT2D eigenvalue weighted by atomic mass is 19.1. The van der Waals surface area contributed by atoms with Gasteiger partial charge in [-0.1, -0.05) is 12.1 Å². The minimum absolute atomic E-state index is 0.0793. The fraction of sp³-hybridized carbons (Fsp3) is 0.0833. The first kappa shape index (κ1) is 20.9. The number of methoxy groups -OCH3 is 2. The van der Waals surface area contributed by atoms with Gasteiger partial charge in [0.05, 0.1) is 14.2 Å². The van der Waals surface area contributed by atoms with Gasteiger partial charge in [0.15, 0.2) is 11.5 Å². The quantitative estimate of drug-likeness (QED) is 0.441. The largest absolute Gasteiger partial charge is 0.493 e. The van der Waals surface area contributed by atoms with Crippen molar-refractivity contribution >= 4 is 34.2 Å². The van der Waals surface area contributed by atoms with Gasteiger partial charge in [-0.15, -0.1) is 0 Å². The average Bonchev–Trinajstić information content (AvgIpc) is 3.18. The summed E-state index contributed by atoms with van der Waals surface area (Å²) < 4.78 is 29.3. The van der Waals surface area contributed by atoms with E-state index < -0.39 is 17.6 Å². The van der Waals surface area contributed by atoms with Crippen molar-refractivity contribution in [3.8, 4) is 11.5 Å². The average molecular weight is 434 g/mol. The van der Waals surface area contributed by atoms with Crippen LogP contribution in [0.4, 0.5) is 15.8 Å². The summed E-state index contributed by atoms with van der Waals surface area (Å²) in [5.41, 5.74) is 1.34. The number of carbonyl (C=O) groups is 2. The molecule has 1 heterocycles. The van der Waals surface area contributed by atoms with Crippen LogP contribution in [0.3, 0.4) is 0 Å². The Hall–Kier alpha value is -4.33. The molecule has 2 amide bonds. The number of furan rings is 1. The van der Waals surface area contributed by atoms with E-state index in [1.165, 1.54) is 44.6 Å². The molecule has 8 heteroatoms. The number of hydrogen-bond acceptors (Lipinski definition) is 5. The van der Waals surface area contributed by atoms with E-state index >= 15 is 0 Å². The van der Waals surface area contributed by atoms with E-state index in [0.29, 0.717) is 33.7 Å². The van der Waals surface area contributed by atoms with E-state index in [1.807, 2.05) is 0 Å². The molecule has 0 spiro atoms. The third-order valence-corrected chi connectivity index (χ3v) is 4.79. The second-order valence-electron chi connectivity index (χ2n) is 6.79. The number of hydrogen-bond donors (Lipinski definition) is 2. The van der Waals surface area contributed by atoms with Crippen LogP contribution in [0.1, 0.15) is 20.9 Å². The van der Waals surface area contributed by atoms with Crippen molar-refractivity contribution in [2.75, 3.05) is 24.9 Å². The van der Waals surface area contributed by atoms with Crippen LogP contribution in [-0.2, 0) is 0 Å². The van der Waals surface area contributed by atoms with Crippen LogP contribution in [-0.4, -0.2) is 26.0 Å². The van der Waals surface area contributed by atoms with Gasteiger partial charge in [0.2, 0.25) is 5.76 Å². The van der Waals surface area contributed by atoms with Gasteiger partial charge in [0, 0.05) is 16.6 Å². The van der Waals surface area contributed by atoms with Crippen molar-refractivity contribution in [1.29, 1.82) is 0 Å². The number of rotatable bonds is 6. The van der Waals surface area contributed by atoms with Crippen LogP contribution >= 0.6 is 0 Å². The molecule has 0 atom stereocenters. The molecule has 1 aromatic heterocycles. The molecule has 0 aliphatic rings. The Morgan fingerprint density at radius 3 is 2.28 bits per heavy atom. The summed E-state index contributed by atoms with van der Waals surface area (Å²) in [7, 11) is 2.97. The van der Waals surface area contributed by atoms with Gasteiger partial charge in [0.25, 0.3) is 11.8 Å². The van der Waals surface area contributed by atoms with Crippen LogP contribution in [0.5, 0.6) is 11.5 Å². The molecule has 0 saturated carbocycles. The Kier molecular flexibility index (Phi) is 5.76. The monoisotopic (exact) mass is 434 g/mol. The van der Waals surface area contributed by atoms with E-state index in [1.54, 1.807) is 36.4 Å². The molecular weight excluding hydrogens is 415 g/mol. The van der Waals surface area contributed by atoms with Crippen LogP contribution in [0.25, 0.3) is 11.0 Å². The SMILES string of the molecule is COc1ccc(C(=O)Nc2c(C(=O)Nc3ccc(F)cc3)oc3ccccc23)cc1OC. The molecule has 162 valence electrons. The van der Waals surface area contributed by atoms with Crippen LogP contribution < -0.4 is 20.1 Å². The molecule has 0 aliphatic carbocycles. The van der Waals surface area contributed by atoms with Gasteiger partial charge in [0.1, 0.15) is 17.1 Å². The number of ether oxygens (including phenoxy) is 2. The molecule has 4 aromatic rings. The molecule has 0 bridgehead atoms. The Labute approximate surface area is 182 Å². The maximum absolute atomic E-state index is 13.2. The lowest BCUT2D eigenvalue weighted by Crippen LogP contribution is -2.17. The minimum Gasteiger partial charge on any atom is -0.493 e. The first-order valence-corrected chi connectivity index (χ1v) is 9.62. The fourth-order valence-electron chi connectivity index (χ4n) is 3.21. The summed E-state index contributed by atoms with van der Waals surface area (Å²) in [4.78, 5) is 25.9. The highest BCUT2D eigenvalue weighted by Crippen LogP contribution is 2.33. The third kappa shape index (κ3) is 4.11. The van der Waals surface area contributed by atoms with Gasteiger partial charge in [-0.3, -0.25) is 9.59 Å². The van der Waals surface area contributed by atoms with E-state index in [0.717, 1.165) is 0 Å². The van der Waals surface area contributed by atoms with Gasteiger partial charge >= 0.3 is 0 Å². The van der Waals surface area contributed by atoms with Crippen molar-refractivity contribution in [3.63, 3.8) is 0 Å². The van der Waals surface area contributed by atoms with Crippen LogP contribution in [0, 0.1) is 5.82 Å². The lowest BCUT2D eigenvalue weighted by Gasteiger charge is -2.10. The minimum atomic E-state index is -0.588. The van der Waals surface area contributed by atoms with Gasteiger partial charge in [-0.05, 0) is 54.6 Å². The number of carbonyl (C=O) groups excluding carboxylic acids is 2. The maximum Gasteiger partial charge on any atom is 0.293 e. The fourth-order valence-corrected chi connectivity index (χ4v) is 3.21. The van der Waals surface area contributed by atoms with Crippen LogP contribution in [0.15, 0.2) is 71.1 Å². The maximum atomic E-state index is 13.2. The van der Waals surface area contributed by atoms with Crippen molar-refractivity contribution in [2.24, 2.45) is 0 Å². The summed E-state index contributed by atoms with van der Waals surface area (Å²) in [6, 6.07) is 17.0. The molecule has 0 saturated heterocycles. The number of nitrogens with one attached hydrogen (secondary N) is 2. The zero-order valence-electron chi connectivity index (χ0n) is 17.3. The number of anilines is 2. The van der Waals surface area contributed by atoms with Crippen molar-refractivity contribution in [3.05, 3.63) is 83.9 Å². The second kappa shape index (κ2) is 8.81. The van der Waals surface area contributed by atoms with Gasteiger partial charge < -0.3 is 24.5 Å². The van der Waals surface area contributed by atoms with E-state index in [2.05, 4.69) is 10.6 Å². The lowest BCUT2D eigenvalue weighted by atomic mass is 10.1. The standard InChI is InChI=1S/C24H19FN2O5/c1-30-19-12-7-14(13-20(19)31-2)23(28)27-21-17-5-3-4-6-18(17)32-22(21)24(29)26-16-10-8-15(25)9-11-16/h3-13H,1-2H3,(H,26,29)(H,27,28). The highest BCUT2D eigenvalue weighted by Gasteiger charge is 2.23. The second-order valence-corrected chi connectivity index (χ2v) is 6.79. The number of fused-ring (bicyclic) bond motifs is 1. The Bertz CT molecular complexity index is 1300. The Balaban J connectivity index is 1.68. The smallest absolute Gasteiger partial charge is 0.293 e. The molecule has 4 rings (SSSR count). The molecule has 2 N–H and O–H groups in total. The molecule has 7 nitrogen and oxygen atoms in total. The molecule has 0 unspecified atom stereocenters. The number of benzene rings is 3. The van der Waals surface area contributed by atoms with Gasteiger partial charge in [-0.25, -0.2) is 4.39 Å². The molecule has 32 heavy (non-hydrogen) atoms. The summed E-state index contributed by atoms with van der Waals surface area (Å²) in [5, 5.41) is 5.97. The summed E-state index contributed by atoms with van der Waals surface area (Å²) in [6.45, 7) is 0. The Morgan fingerprint density at radius 2 is 1.56 bits per heavy atom. The first-order chi connectivity index (χ1) is 15.5.